The summed E-state index contributed by atoms with van der Waals surface area (Å²) in [5.74, 6) is 0. The molecule has 0 N–H and O–H groups in total. The van der Waals surface area contributed by atoms with Crippen molar-refractivity contribution in [1.82, 2.24) is 0 Å². The molecule has 1 aliphatic heterocycles. The molecule has 0 bridgehead atoms. The Bertz CT molecular complexity index is 108. The van der Waals surface area contributed by atoms with Crippen molar-refractivity contribution in [2.75, 3.05) is 0 Å². The highest BCUT2D eigenvalue weighted by molar-refractivity contribution is 4.90. The largest absolute Gasteiger partial charge is 0.159 e. The maximum Gasteiger partial charge on any atom is 0.109 e. The molecule has 1 aliphatic rings. The van der Waals surface area contributed by atoms with Crippen LogP contribution < -0.4 is 0 Å². The molecule has 0 aromatic rings. The molecule has 1 radical (unpaired) electrons. The summed E-state index contributed by atoms with van der Waals surface area (Å²) in [5, 5.41) is 7.08. The molecule has 1 rings (SSSR count). The zero-order valence-electron chi connectivity index (χ0n) is 3.83. The van der Waals surface area contributed by atoms with E-state index in [9.17, 15) is 0 Å². The maximum atomic E-state index is 3.57. The number of nitrogens with zero attached hydrogens (tertiary/aromatic N) is 2. The van der Waals surface area contributed by atoms with Gasteiger partial charge in [0.25, 0.3) is 0 Å². The van der Waals surface area contributed by atoms with Gasteiger partial charge in [-0.15, -0.1) is 5.11 Å². The van der Waals surface area contributed by atoms with Crippen molar-refractivity contribution in [3.05, 3.63) is 24.6 Å². The normalized spacial score (nSPS) is 17.1. The average molecular weight is 93.1 g/mol. The van der Waals surface area contributed by atoms with E-state index < -0.39 is 0 Å². The molecule has 0 spiro atoms. The van der Waals surface area contributed by atoms with Gasteiger partial charge in [-0.3, -0.25) is 0 Å². The van der Waals surface area contributed by atoms with Gasteiger partial charge in [0, 0.05) is 6.20 Å². The molecule has 35 valence electrons. The van der Waals surface area contributed by atoms with Crippen molar-refractivity contribution in [2.45, 2.75) is 6.42 Å². The summed E-state index contributed by atoms with van der Waals surface area (Å²) >= 11 is 0. The first-order chi connectivity index (χ1) is 3.50. The minimum atomic E-state index is 0.896. The van der Waals surface area contributed by atoms with Crippen LogP contribution in [0.25, 0.3) is 0 Å². The van der Waals surface area contributed by atoms with Crippen molar-refractivity contribution in [2.24, 2.45) is 10.2 Å². The van der Waals surface area contributed by atoms with Crippen LogP contribution in [0.2, 0.25) is 0 Å². The Kier molecular flexibility index (Phi) is 1.39. The number of hydrogen-bond donors (Lipinski definition) is 0. The second-order valence-corrected chi connectivity index (χ2v) is 1.17. The Morgan fingerprint density at radius 2 is 2.57 bits per heavy atom. The van der Waals surface area contributed by atoms with E-state index in [2.05, 4.69) is 16.4 Å². The molecule has 0 unspecified atom stereocenters. The Hall–Kier alpha value is -0.920. The van der Waals surface area contributed by atoms with E-state index in [0.29, 0.717) is 0 Å². The third-order valence-corrected chi connectivity index (χ3v) is 0.633. The molecule has 0 atom stereocenters. The Balaban J connectivity index is 2.60. The van der Waals surface area contributed by atoms with E-state index in [1.807, 2.05) is 12.2 Å². The average Bonchev–Trinajstić information content (AvgIpc) is 1.90. The van der Waals surface area contributed by atoms with Crippen molar-refractivity contribution >= 4 is 0 Å². The molecule has 1 heterocycles. The zero-order chi connectivity index (χ0) is 4.95. The fourth-order valence-electron chi connectivity index (χ4n) is 0.336. The highest BCUT2D eigenvalue weighted by atomic mass is 15.1. The van der Waals surface area contributed by atoms with Crippen LogP contribution in [0, 0.1) is 6.20 Å². The molecule has 2 nitrogen and oxygen atoms in total. The third kappa shape index (κ3) is 1.30. The maximum absolute atomic E-state index is 3.57. The lowest BCUT2D eigenvalue weighted by Crippen LogP contribution is -1.49. The molecule has 0 fully saturated rings. The molecule has 7 heavy (non-hydrogen) atoms. The first kappa shape index (κ1) is 4.24. The van der Waals surface area contributed by atoms with Gasteiger partial charge in [0.15, 0.2) is 0 Å². The van der Waals surface area contributed by atoms with Crippen LogP contribution in [0.3, 0.4) is 0 Å². The van der Waals surface area contributed by atoms with E-state index in [0.717, 1.165) is 6.42 Å². The Morgan fingerprint density at radius 3 is 3.57 bits per heavy atom. The zero-order valence-corrected chi connectivity index (χ0v) is 3.83. The minimum Gasteiger partial charge on any atom is -0.159 e. The molecule has 0 amide bonds. The quantitative estimate of drug-likeness (QED) is 0.435. The Morgan fingerprint density at radius 1 is 1.57 bits per heavy atom. The molecule has 0 saturated carbocycles. The summed E-state index contributed by atoms with van der Waals surface area (Å²) < 4.78 is 0. The van der Waals surface area contributed by atoms with E-state index in [1.54, 1.807) is 6.20 Å². The summed E-state index contributed by atoms with van der Waals surface area (Å²) in [7, 11) is 0. The fourth-order valence-corrected chi connectivity index (χ4v) is 0.336. The number of allylic oxidation sites excluding steroid dienone is 2. The van der Waals surface area contributed by atoms with Crippen LogP contribution in [0.15, 0.2) is 28.6 Å². The van der Waals surface area contributed by atoms with Crippen LogP contribution in [-0.2, 0) is 0 Å². The fraction of sp³-hybridized carbons (Fsp3) is 0.200. The van der Waals surface area contributed by atoms with Gasteiger partial charge in [-0.25, -0.2) is 0 Å². The van der Waals surface area contributed by atoms with Gasteiger partial charge in [0.1, 0.15) is 6.20 Å². The number of azo groups is 1. The van der Waals surface area contributed by atoms with Gasteiger partial charge in [-0.05, 0) is 6.42 Å². The monoisotopic (exact) mass is 93.0 g/mol. The van der Waals surface area contributed by atoms with E-state index in [1.165, 1.54) is 0 Å². The second-order valence-electron chi connectivity index (χ2n) is 1.17. The summed E-state index contributed by atoms with van der Waals surface area (Å²) in [4.78, 5) is 0. The molecule has 0 aromatic carbocycles. The van der Waals surface area contributed by atoms with E-state index in [-0.39, 0.29) is 0 Å². The standard InChI is InChI=1S/C5H5N2/c1-2-4-6-7-5-3-1/h2-4H,1H2. The van der Waals surface area contributed by atoms with Crippen LogP contribution in [0.4, 0.5) is 0 Å². The molecular formula is C5H5N2. The second kappa shape index (κ2) is 2.29. The van der Waals surface area contributed by atoms with E-state index in [4.69, 9.17) is 0 Å². The van der Waals surface area contributed by atoms with Crippen molar-refractivity contribution in [3.8, 4) is 0 Å². The smallest absolute Gasteiger partial charge is 0.109 e. The summed E-state index contributed by atoms with van der Waals surface area (Å²) in [5.41, 5.74) is 0. The van der Waals surface area contributed by atoms with Gasteiger partial charge in [0.2, 0.25) is 0 Å². The van der Waals surface area contributed by atoms with Crippen LogP contribution in [0.5, 0.6) is 0 Å². The van der Waals surface area contributed by atoms with Crippen LogP contribution in [-0.4, -0.2) is 0 Å². The van der Waals surface area contributed by atoms with Crippen molar-refractivity contribution < 1.29 is 0 Å². The molecule has 0 aliphatic carbocycles. The lowest BCUT2D eigenvalue weighted by molar-refractivity contribution is 1.21. The van der Waals surface area contributed by atoms with Crippen LogP contribution >= 0.6 is 0 Å². The van der Waals surface area contributed by atoms with Gasteiger partial charge in [-0.2, -0.15) is 5.11 Å². The summed E-state index contributed by atoms with van der Waals surface area (Å²) in [6.45, 7) is 0. The molecular weight excluding hydrogens is 88.1 g/mol. The SMILES string of the molecule is [C]1=CCC=CN=N1. The lowest BCUT2D eigenvalue weighted by atomic mass is 10.4. The molecule has 2 heteroatoms. The Labute approximate surface area is 42.3 Å². The summed E-state index contributed by atoms with van der Waals surface area (Å²) in [6, 6.07) is 0. The van der Waals surface area contributed by atoms with Crippen molar-refractivity contribution in [1.29, 1.82) is 0 Å². The van der Waals surface area contributed by atoms with Gasteiger partial charge >= 0.3 is 0 Å². The van der Waals surface area contributed by atoms with Crippen LogP contribution in [0.1, 0.15) is 6.42 Å². The van der Waals surface area contributed by atoms with Crippen molar-refractivity contribution in [3.63, 3.8) is 0 Å². The topological polar surface area (TPSA) is 24.7 Å². The molecule has 0 saturated heterocycles. The number of rotatable bonds is 0. The first-order valence-electron chi connectivity index (χ1n) is 2.12. The van der Waals surface area contributed by atoms with E-state index >= 15 is 0 Å². The van der Waals surface area contributed by atoms with Gasteiger partial charge in [-0.1, -0.05) is 12.2 Å². The number of hydrogen-bond acceptors (Lipinski definition) is 2. The third-order valence-electron chi connectivity index (χ3n) is 0.633. The summed E-state index contributed by atoms with van der Waals surface area (Å²) in [6.07, 6.45) is 8.92. The van der Waals surface area contributed by atoms with Gasteiger partial charge in [0.05, 0.1) is 0 Å². The first-order valence-corrected chi connectivity index (χ1v) is 2.12. The highest BCUT2D eigenvalue weighted by Crippen LogP contribution is 1.91. The van der Waals surface area contributed by atoms with Gasteiger partial charge < -0.3 is 0 Å². The minimum absolute atomic E-state index is 0.896. The highest BCUT2D eigenvalue weighted by Gasteiger charge is 1.73. The molecule has 0 aromatic heterocycles. The predicted molar refractivity (Wildman–Crippen MR) is 26.4 cm³/mol. The predicted octanol–water partition coefficient (Wildman–Crippen LogP) is 1.67. The lowest BCUT2D eigenvalue weighted by Gasteiger charge is -1.66.